The lowest BCUT2D eigenvalue weighted by molar-refractivity contribution is -0.122. The summed E-state index contributed by atoms with van der Waals surface area (Å²) in [7, 11) is 0. The van der Waals surface area contributed by atoms with E-state index in [2.05, 4.69) is 10.6 Å². The maximum Gasteiger partial charge on any atom is 0.291 e. The van der Waals surface area contributed by atoms with Crippen molar-refractivity contribution in [2.24, 2.45) is 0 Å². The highest BCUT2D eigenvalue weighted by Crippen LogP contribution is 2.16. The Balaban J connectivity index is 1.55. The number of hydrogen-bond acceptors (Lipinski definition) is 4. The third kappa shape index (κ3) is 4.51. The minimum absolute atomic E-state index is 0.231. The van der Waals surface area contributed by atoms with Crippen LogP contribution in [0.5, 0.6) is 5.75 Å². The molecule has 3 rings (SSSR count). The first-order valence-electron chi connectivity index (χ1n) is 8.09. The van der Waals surface area contributed by atoms with Crippen molar-refractivity contribution in [3.63, 3.8) is 0 Å². The number of anilines is 2. The van der Waals surface area contributed by atoms with E-state index < -0.39 is 6.10 Å². The zero-order valence-electron chi connectivity index (χ0n) is 14.1. The van der Waals surface area contributed by atoms with Crippen molar-refractivity contribution in [3.8, 4) is 5.75 Å². The molecule has 3 aromatic rings. The summed E-state index contributed by atoms with van der Waals surface area (Å²) >= 11 is 0. The van der Waals surface area contributed by atoms with Gasteiger partial charge in [0.15, 0.2) is 11.9 Å². The van der Waals surface area contributed by atoms with Crippen LogP contribution < -0.4 is 15.4 Å². The van der Waals surface area contributed by atoms with E-state index in [0.717, 1.165) is 0 Å². The number of benzene rings is 2. The number of amides is 2. The third-order valence-electron chi connectivity index (χ3n) is 3.58. The van der Waals surface area contributed by atoms with Crippen molar-refractivity contribution in [1.82, 2.24) is 0 Å². The highest BCUT2D eigenvalue weighted by atomic mass is 16.5. The number of para-hydroxylation sites is 1. The molecule has 0 saturated heterocycles. The maximum atomic E-state index is 12.2. The van der Waals surface area contributed by atoms with Crippen LogP contribution in [-0.4, -0.2) is 17.9 Å². The first kappa shape index (κ1) is 17.3. The van der Waals surface area contributed by atoms with E-state index in [-0.39, 0.29) is 17.6 Å². The molecule has 1 heterocycles. The molecule has 0 spiro atoms. The Kier molecular flexibility index (Phi) is 5.34. The summed E-state index contributed by atoms with van der Waals surface area (Å²) in [5, 5.41) is 5.49. The normalized spacial score (nSPS) is 11.4. The summed E-state index contributed by atoms with van der Waals surface area (Å²) in [6.07, 6.45) is 0.794. The van der Waals surface area contributed by atoms with Crippen LogP contribution in [0.25, 0.3) is 0 Å². The Morgan fingerprint density at radius 1 is 0.885 bits per heavy atom. The monoisotopic (exact) mass is 350 g/mol. The number of furan rings is 1. The fraction of sp³-hybridized carbons (Fsp3) is 0.100. The number of hydrogen-bond donors (Lipinski definition) is 2. The molecule has 6 heteroatoms. The second-order valence-electron chi connectivity index (χ2n) is 5.57. The van der Waals surface area contributed by atoms with Gasteiger partial charge in [0.2, 0.25) is 0 Å². The molecule has 0 unspecified atom stereocenters. The molecular weight excluding hydrogens is 332 g/mol. The molecule has 0 fully saturated rings. The van der Waals surface area contributed by atoms with Gasteiger partial charge >= 0.3 is 0 Å². The molecule has 0 saturated carbocycles. The standard InChI is InChI=1S/C20H18N2O4/c1-14(26-17-6-3-2-4-7-17)19(23)21-15-9-11-16(12-10-15)22-20(24)18-8-5-13-25-18/h2-14H,1H3,(H,21,23)(H,22,24)/t14-/m1/s1. The second kappa shape index (κ2) is 8.02. The van der Waals surface area contributed by atoms with Crippen LogP contribution in [0.4, 0.5) is 11.4 Å². The Hall–Kier alpha value is -3.54. The van der Waals surface area contributed by atoms with E-state index in [4.69, 9.17) is 9.15 Å². The topological polar surface area (TPSA) is 80.6 Å². The van der Waals surface area contributed by atoms with E-state index in [1.54, 1.807) is 55.5 Å². The van der Waals surface area contributed by atoms with Crippen molar-refractivity contribution in [3.05, 3.63) is 78.8 Å². The van der Waals surface area contributed by atoms with Gasteiger partial charge in [-0.1, -0.05) is 18.2 Å². The van der Waals surface area contributed by atoms with E-state index in [1.807, 2.05) is 18.2 Å². The lowest BCUT2D eigenvalue weighted by Crippen LogP contribution is -2.30. The highest BCUT2D eigenvalue weighted by Gasteiger charge is 2.15. The first-order chi connectivity index (χ1) is 12.6. The van der Waals surface area contributed by atoms with Crippen LogP contribution in [0.3, 0.4) is 0 Å². The number of ether oxygens (including phenoxy) is 1. The van der Waals surface area contributed by atoms with Crippen LogP contribution in [0, 0.1) is 0 Å². The fourth-order valence-corrected chi connectivity index (χ4v) is 2.24. The SMILES string of the molecule is C[C@@H](Oc1ccccc1)C(=O)Nc1ccc(NC(=O)c2ccco2)cc1. The lowest BCUT2D eigenvalue weighted by atomic mass is 10.2. The van der Waals surface area contributed by atoms with Gasteiger partial charge in [-0.05, 0) is 55.5 Å². The van der Waals surface area contributed by atoms with E-state index in [0.29, 0.717) is 17.1 Å². The summed E-state index contributed by atoms with van der Waals surface area (Å²) < 4.78 is 10.6. The van der Waals surface area contributed by atoms with Crippen molar-refractivity contribution in [1.29, 1.82) is 0 Å². The minimum Gasteiger partial charge on any atom is -0.481 e. The van der Waals surface area contributed by atoms with Gasteiger partial charge in [-0.25, -0.2) is 0 Å². The number of nitrogens with one attached hydrogen (secondary N) is 2. The highest BCUT2D eigenvalue weighted by molar-refractivity contribution is 6.02. The summed E-state index contributed by atoms with van der Waals surface area (Å²) in [5.74, 6) is 0.262. The quantitative estimate of drug-likeness (QED) is 0.706. The average Bonchev–Trinajstić information content (AvgIpc) is 3.19. The minimum atomic E-state index is -0.643. The van der Waals surface area contributed by atoms with Crippen LogP contribution in [-0.2, 0) is 4.79 Å². The van der Waals surface area contributed by atoms with Crippen molar-refractivity contribution in [2.45, 2.75) is 13.0 Å². The molecule has 1 atom stereocenters. The molecule has 2 N–H and O–H groups in total. The summed E-state index contributed by atoms with van der Waals surface area (Å²) in [6, 6.07) is 19.2. The molecule has 2 amide bonds. The van der Waals surface area contributed by atoms with E-state index >= 15 is 0 Å². The van der Waals surface area contributed by atoms with Crippen LogP contribution in [0.15, 0.2) is 77.4 Å². The van der Waals surface area contributed by atoms with Crippen LogP contribution >= 0.6 is 0 Å². The fourth-order valence-electron chi connectivity index (χ4n) is 2.24. The summed E-state index contributed by atoms with van der Waals surface area (Å²) in [6.45, 7) is 1.68. The average molecular weight is 350 g/mol. The zero-order valence-corrected chi connectivity index (χ0v) is 14.1. The predicted molar refractivity (Wildman–Crippen MR) is 98.3 cm³/mol. The molecule has 2 aromatic carbocycles. The van der Waals surface area contributed by atoms with Crippen molar-refractivity contribution in [2.75, 3.05) is 10.6 Å². The maximum absolute atomic E-state index is 12.2. The van der Waals surface area contributed by atoms with Gasteiger partial charge in [0.05, 0.1) is 6.26 Å². The number of rotatable bonds is 6. The van der Waals surface area contributed by atoms with E-state index in [9.17, 15) is 9.59 Å². The zero-order chi connectivity index (χ0) is 18.4. The first-order valence-corrected chi connectivity index (χ1v) is 8.09. The van der Waals surface area contributed by atoms with Crippen molar-refractivity contribution >= 4 is 23.2 Å². The van der Waals surface area contributed by atoms with Gasteiger partial charge < -0.3 is 19.8 Å². The summed E-state index contributed by atoms with van der Waals surface area (Å²) in [4.78, 5) is 24.1. The van der Waals surface area contributed by atoms with Gasteiger partial charge in [0.1, 0.15) is 5.75 Å². The number of carbonyl (C=O) groups excluding carboxylic acids is 2. The molecule has 0 radical (unpaired) electrons. The van der Waals surface area contributed by atoms with Crippen molar-refractivity contribution < 1.29 is 18.7 Å². The van der Waals surface area contributed by atoms with Crippen LogP contribution in [0.1, 0.15) is 17.5 Å². The summed E-state index contributed by atoms with van der Waals surface area (Å²) in [5.41, 5.74) is 1.20. The molecule has 0 aliphatic rings. The predicted octanol–water partition coefficient (Wildman–Crippen LogP) is 3.94. The third-order valence-corrected chi connectivity index (χ3v) is 3.58. The largest absolute Gasteiger partial charge is 0.481 e. The van der Waals surface area contributed by atoms with Gasteiger partial charge in [0.25, 0.3) is 11.8 Å². The Labute approximate surface area is 150 Å². The van der Waals surface area contributed by atoms with E-state index in [1.165, 1.54) is 6.26 Å². The smallest absolute Gasteiger partial charge is 0.291 e. The lowest BCUT2D eigenvalue weighted by Gasteiger charge is -2.15. The van der Waals surface area contributed by atoms with Gasteiger partial charge in [-0.2, -0.15) is 0 Å². The van der Waals surface area contributed by atoms with Gasteiger partial charge in [-0.3, -0.25) is 9.59 Å². The Morgan fingerprint density at radius 3 is 2.15 bits per heavy atom. The number of carbonyl (C=O) groups is 2. The molecule has 6 nitrogen and oxygen atoms in total. The van der Waals surface area contributed by atoms with Gasteiger partial charge in [0, 0.05) is 11.4 Å². The molecule has 1 aromatic heterocycles. The molecule has 0 aliphatic carbocycles. The molecule has 0 bridgehead atoms. The molecule has 26 heavy (non-hydrogen) atoms. The molecule has 0 aliphatic heterocycles. The van der Waals surface area contributed by atoms with Crippen LogP contribution in [0.2, 0.25) is 0 Å². The Morgan fingerprint density at radius 2 is 1.54 bits per heavy atom. The Bertz CT molecular complexity index is 859. The second-order valence-corrected chi connectivity index (χ2v) is 5.57. The van der Waals surface area contributed by atoms with Gasteiger partial charge in [-0.15, -0.1) is 0 Å². The molecular formula is C20H18N2O4. The molecule has 132 valence electrons.